The van der Waals surface area contributed by atoms with Crippen molar-refractivity contribution < 1.29 is 9.84 Å². The maximum Gasteiger partial charge on any atom is 0.0984 e. The summed E-state index contributed by atoms with van der Waals surface area (Å²) >= 11 is 0. The topological polar surface area (TPSA) is 44.7 Å². The second kappa shape index (κ2) is 6.12. The molecule has 2 aliphatic rings. The number of benzene rings is 1. The van der Waals surface area contributed by atoms with E-state index >= 15 is 0 Å². The molecule has 4 heteroatoms. The predicted octanol–water partition coefficient (Wildman–Crippen LogP) is 1.52. The number of rotatable bonds is 5. The third-order valence-corrected chi connectivity index (χ3v) is 4.00. The lowest BCUT2D eigenvalue weighted by atomic mass is 10.1. The molecular formula is C16H24N2O2. The first kappa shape index (κ1) is 13.9. The van der Waals surface area contributed by atoms with Crippen molar-refractivity contribution >= 4 is 5.69 Å². The molecule has 1 aliphatic carbocycles. The van der Waals surface area contributed by atoms with Crippen LogP contribution in [0.2, 0.25) is 0 Å². The minimum absolute atomic E-state index is 0.0741. The lowest BCUT2D eigenvalue weighted by molar-refractivity contribution is -0.0421. The van der Waals surface area contributed by atoms with Crippen LogP contribution in [0.15, 0.2) is 24.3 Å². The highest BCUT2D eigenvalue weighted by molar-refractivity contribution is 5.48. The van der Waals surface area contributed by atoms with E-state index in [-0.39, 0.29) is 18.8 Å². The van der Waals surface area contributed by atoms with Crippen LogP contribution in [0.4, 0.5) is 5.69 Å². The van der Waals surface area contributed by atoms with Gasteiger partial charge in [-0.3, -0.25) is 0 Å². The number of ether oxygens (including phenoxy) is 1. The Morgan fingerprint density at radius 3 is 2.65 bits per heavy atom. The lowest BCUT2D eigenvalue weighted by Crippen LogP contribution is -2.48. The Balaban J connectivity index is 1.60. The zero-order valence-electron chi connectivity index (χ0n) is 12.1. The summed E-state index contributed by atoms with van der Waals surface area (Å²) in [5.41, 5.74) is 2.55. The lowest BCUT2D eigenvalue weighted by Gasteiger charge is -2.37. The Morgan fingerprint density at radius 1 is 1.25 bits per heavy atom. The van der Waals surface area contributed by atoms with Gasteiger partial charge in [0.1, 0.15) is 0 Å². The number of hydrogen-bond donors (Lipinski definition) is 2. The van der Waals surface area contributed by atoms with Gasteiger partial charge in [0, 0.05) is 31.4 Å². The monoisotopic (exact) mass is 276 g/mol. The molecule has 0 bridgehead atoms. The SMILES string of the molecule is CC1CN(c2ccc(CNC3CC3)cc2)CC(CO)O1. The van der Waals surface area contributed by atoms with E-state index in [1.807, 2.05) is 0 Å². The standard InChI is InChI=1S/C16H24N2O2/c1-12-9-18(10-16(11-19)20-12)15-6-2-13(3-7-15)8-17-14-4-5-14/h2-3,6-7,12,14,16-17,19H,4-5,8-11H2,1H3. The van der Waals surface area contributed by atoms with Gasteiger partial charge in [-0.1, -0.05) is 12.1 Å². The van der Waals surface area contributed by atoms with Crippen molar-refractivity contribution in [2.24, 2.45) is 0 Å². The van der Waals surface area contributed by atoms with Gasteiger partial charge in [0.05, 0.1) is 18.8 Å². The highest BCUT2D eigenvalue weighted by Crippen LogP contribution is 2.22. The van der Waals surface area contributed by atoms with E-state index in [9.17, 15) is 5.11 Å². The van der Waals surface area contributed by atoms with Crippen molar-refractivity contribution in [3.63, 3.8) is 0 Å². The number of nitrogens with one attached hydrogen (secondary N) is 1. The van der Waals surface area contributed by atoms with Gasteiger partial charge in [-0.05, 0) is 37.5 Å². The summed E-state index contributed by atoms with van der Waals surface area (Å²) in [4.78, 5) is 2.30. The molecule has 1 aromatic carbocycles. The summed E-state index contributed by atoms with van der Waals surface area (Å²) in [5.74, 6) is 0. The number of morpholine rings is 1. The van der Waals surface area contributed by atoms with Gasteiger partial charge in [-0.2, -0.15) is 0 Å². The molecule has 0 radical (unpaired) electrons. The van der Waals surface area contributed by atoms with E-state index in [1.54, 1.807) is 0 Å². The summed E-state index contributed by atoms with van der Waals surface area (Å²) in [5, 5.41) is 12.8. The van der Waals surface area contributed by atoms with Gasteiger partial charge >= 0.3 is 0 Å². The molecule has 1 saturated heterocycles. The van der Waals surface area contributed by atoms with Crippen LogP contribution < -0.4 is 10.2 Å². The van der Waals surface area contributed by atoms with Crippen LogP contribution in [0.1, 0.15) is 25.3 Å². The number of aliphatic hydroxyl groups excluding tert-OH is 1. The molecule has 110 valence electrons. The predicted molar refractivity (Wildman–Crippen MR) is 79.9 cm³/mol. The Morgan fingerprint density at radius 2 is 2.00 bits per heavy atom. The molecule has 2 fully saturated rings. The molecule has 4 nitrogen and oxygen atoms in total. The summed E-state index contributed by atoms with van der Waals surface area (Å²) in [6, 6.07) is 9.49. The second-order valence-corrected chi connectivity index (χ2v) is 5.98. The Bertz CT molecular complexity index is 431. The zero-order valence-corrected chi connectivity index (χ0v) is 12.1. The molecular weight excluding hydrogens is 252 g/mol. The average molecular weight is 276 g/mol. The van der Waals surface area contributed by atoms with Crippen molar-refractivity contribution in [2.75, 3.05) is 24.6 Å². The average Bonchev–Trinajstić information content (AvgIpc) is 3.29. The van der Waals surface area contributed by atoms with Gasteiger partial charge in [0.15, 0.2) is 0 Å². The minimum Gasteiger partial charge on any atom is -0.394 e. The van der Waals surface area contributed by atoms with Crippen LogP contribution in [0.25, 0.3) is 0 Å². The maximum absolute atomic E-state index is 9.29. The summed E-state index contributed by atoms with van der Waals surface area (Å²) in [7, 11) is 0. The molecule has 0 aromatic heterocycles. The minimum atomic E-state index is -0.0741. The van der Waals surface area contributed by atoms with Crippen molar-refractivity contribution in [2.45, 2.75) is 44.6 Å². The van der Waals surface area contributed by atoms with Crippen LogP contribution >= 0.6 is 0 Å². The fourth-order valence-corrected chi connectivity index (χ4v) is 2.73. The van der Waals surface area contributed by atoms with Crippen LogP contribution in [0.3, 0.4) is 0 Å². The number of nitrogens with zero attached hydrogens (tertiary/aromatic N) is 1. The third-order valence-electron chi connectivity index (χ3n) is 4.00. The van der Waals surface area contributed by atoms with E-state index in [4.69, 9.17) is 4.74 Å². The van der Waals surface area contributed by atoms with Crippen LogP contribution in [0, 0.1) is 0 Å². The fourth-order valence-electron chi connectivity index (χ4n) is 2.73. The van der Waals surface area contributed by atoms with Crippen molar-refractivity contribution in [1.82, 2.24) is 5.32 Å². The quantitative estimate of drug-likeness (QED) is 0.856. The van der Waals surface area contributed by atoms with Gasteiger partial charge in [-0.15, -0.1) is 0 Å². The van der Waals surface area contributed by atoms with Crippen molar-refractivity contribution in [1.29, 1.82) is 0 Å². The number of aliphatic hydroxyl groups is 1. The van der Waals surface area contributed by atoms with E-state index in [0.29, 0.717) is 0 Å². The molecule has 0 amide bonds. The summed E-state index contributed by atoms with van der Waals surface area (Å²) in [6.45, 7) is 4.76. The zero-order chi connectivity index (χ0) is 13.9. The smallest absolute Gasteiger partial charge is 0.0984 e. The Labute approximate surface area is 120 Å². The molecule has 2 atom stereocenters. The van der Waals surface area contributed by atoms with E-state index < -0.39 is 0 Å². The fraction of sp³-hybridized carbons (Fsp3) is 0.625. The molecule has 1 saturated carbocycles. The van der Waals surface area contributed by atoms with Gasteiger partial charge < -0.3 is 20.1 Å². The second-order valence-electron chi connectivity index (χ2n) is 5.98. The summed E-state index contributed by atoms with van der Waals surface area (Å²) < 4.78 is 5.68. The van der Waals surface area contributed by atoms with Crippen molar-refractivity contribution in [3.05, 3.63) is 29.8 Å². The molecule has 1 aromatic rings. The highest BCUT2D eigenvalue weighted by atomic mass is 16.5. The number of hydrogen-bond acceptors (Lipinski definition) is 4. The molecule has 2 unspecified atom stereocenters. The van der Waals surface area contributed by atoms with Crippen LogP contribution in [0.5, 0.6) is 0 Å². The largest absolute Gasteiger partial charge is 0.394 e. The molecule has 3 rings (SSSR count). The number of anilines is 1. The first-order valence-electron chi connectivity index (χ1n) is 7.58. The first-order chi connectivity index (χ1) is 9.74. The van der Waals surface area contributed by atoms with Gasteiger partial charge in [0.25, 0.3) is 0 Å². The molecule has 20 heavy (non-hydrogen) atoms. The van der Waals surface area contributed by atoms with E-state index in [2.05, 4.69) is 41.4 Å². The normalized spacial score (nSPS) is 26.8. The highest BCUT2D eigenvalue weighted by Gasteiger charge is 2.25. The van der Waals surface area contributed by atoms with Crippen LogP contribution in [-0.4, -0.2) is 43.1 Å². The third kappa shape index (κ3) is 3.51. The molecule has 2 N–H and O–H groups in total. The summed E-state index contributed by atoms with van der Waals surface area (Å²) in [6.07, 6.45) is 2.74. The Kier molecular flexibility index (Phi) is 4.24. The van der Waals surface area contributed by atoms with Gasteiger partial charge in [-0.25, -0.2) is 0 Å². The van der Waals surface area contributed by atoms with Crippen molar-refractivity contribution in [3.8, 4) is 0 Å². The maximum atomic E-state index is 9.29. The van der Waals surface area contributed by atoms with E-state index in [1.165, 1.54) is 24.1 Å². The van der Waals surface area contributed by atoms with Crippen LogP contribution in [-0.2, 0) is 11.3 Å². The molecule has 0 spiro atoms. The Hall–Kier alpha value is -1.10. The first-order valence-corrected chi connectivity index (χ1v) is 7.58. The van der Waals surface area contributed by atoms with E-state index in [0.717, 1.165) is 25.7 Å². The molecule has 1 heterocycles. The van der Waals surface area contributed by atoms with Gasteiger partial charge in [0.2, 0.25) is 0 Å². The molecule has 1 aliphatic heterocycles.